The van der Waals surface area contributed by atoms with Gasteiger partial charge in [0.1, 0.15) is 0 Å². The van der Waals surface area contributed by atoms with Crippen molar-refractivity contribution in [1.29, 1.82) is 0 Å². The molecule has 0 aliphatic rings. The van der Waals surface area contributed by atoms with E-state index < -0.39 is 0 Å². The van der Waals surface area contributed by atoms with E-state index in [1.54, 1.807) is 0 Å². The topological polar surface area (TPSA) is 0 Å². The molecular formula is C4H8I2. The summed E-state index contributed by atoms with van der Waals surface area (Å²) in [5, 5.41) is 0. The molecule has 0 saturated carbocycles. The minimum absolute atomic E-state index is 0.892. The minimum Gasteiger partial charge on any atom is -0.0852 e. The Morgan fingerprint density at radius 2 is 2.17 bits per heavy atom. The van der Waals surface area contributed by atoms with Crippen molar-refractivity contribution in [3.05, 3.63) is 0 Å². The second kappa shape index (κ2) is 4.61. The highest BCUT2D eigenvalue weighted by Gasteiger charge is 1.92. The van der Waals surface area contributed by atoms with Crippen molar-refractivity contribution in [3.63, 3.8) is 0 Å². The normalized spacial score (nSPS) is 14.5. The van der Waals surface area contributed by atoms with Crippen LogP contribution in [0.15, 0.2) is 0 Å². The fourth-order valence-corrected chi connectivity index (χ4v) is 0.732. The first-order valence-corrected chi connectivity index (χ1v) is 4.78. The summed E-state index contributed by atoms with van der Waals surface area (Å²) < 4.78 is 2.18. The second-order valence-corrected chi connectivity index (χ2v) is 3.80. The van der Waals surface area contributed by atoms with Gasteiger partial charge in [0.25, 0.3) is 0 Å². The van der Waals surface area contributed by atoms with Gasteiger partial charge in [-0.2, -0.15) is 0 Å². The first-order chi connectivity index (χ1) is 2.81. The zero-order valence-electron chi connectivity index (χ0n) is 3.75. The van der Waals surface area contributed by atoms with E-state index in [0.29, 0.717) is 0 Å². The molecule has 0 N–H and O–H groups in total. The third-order valence-electron chi connectivity index (χ3n) is 0.610. The molecule has 38 valence electrons. The maximum atomic E-state index is 2.46. The van der Waals surface area contributed by atoms with E-state index >= 15 is 0 Å². The van der Waals surface area contributed by atoms with Crippen molar-refractivity contribution in [2.75, 3.05) is 4.43 Å². The Labute approximate surface area is 66.4 Å². The summed E-state index contributed by atoms with van der Waals surface area (Å²) in [5.74, 6) is 0. The molecule has 0 spiro atoms. The number of hydrogen-bond donors (Lipinski definition) is 0. The molecule has 0 unspecified atom stereocenters. The van der Waals surface area contributed by atoms with E-state index in [1.807, 2.05) is 0 Å². The molecule has 0 rings (SSSR count). The summed E-state index contributed by atoms with van der Waals surface area (Å²) in [7, 11) is 0. The molecule has 0 aromatic rings. The van der Waals surface area contributed by atoms with E-state index in [2.05, 4.69) is 52.1 Å². The van der Waals surface area contributed by atoms with Crippen molar-refractivity contribution in [1.82, 2.24) is 0 Å². The van der Waals surface area contributed by atoms with Crippen molar-refractivity contribution in [3.8, 4) is 0 Å². The number of hydrogen-bond acceptors (Lipinski definition) is 0. The van der Waals surface area contributed by atoms with Gasteiger partial charge < -0.3 is 0 Å². The monoisotopic (exact) mass is 310 g/mol. The molecular weight excluding hydrogens is 302 g/mol. The zero-order valence-corrected chi connectivity index (χ0v) is 8.06. The van der Waals surface area contributed by atoms with Crippen LogP contribution in [0.3, 0.4) is 0 Å². The zero-order chi connectivity index (χ0) is 4.99. The molecule has 0 fully saturated rings. The highest BCUT2D eigenvalue weighted by atomic mass is 127. The molecule has 0 aliphatic heterocycles. The smallest absolute Gasteiger partial charge is 0.0197 e. The number of alkyl halides is 2. The fourth-order valence-electron chi connectivity index (χ4n) is 0.109. The van der Waals surface area contributed by atoms with Gasteiger partial charge in [0.05, 0.1) is 0 Å². The molecule has 0 aliphatic carbocycles. The van der Waals surface area contributed by atoms with Crippen LogP contribution in [0.25, 0.3) is 0 Å². The van der Waals surface area contributed by atoms with Crippen LogP contribution in [0, 0.1) is 0 Å². The summed E-state index contributed by atoms with van der Waals surface area (Å²) in [6, 6.07) is 0. The molecule has 0 aromatic carbocycles. The third kappa shape index (κ3) is 3.64. The lowest BCUT2D eigenvalue weighted by molar-refractivity contribution is 0.959. The first kappa shape index (κ1) is 7.46. The molecule has 0 radical (unpaired) electrons. The number of halogens is 2. The third-order valence-corrected chi connectivity index (χ3v) is 4.68. The van der Waals surface area contributed by atoms with Crippen LogP contribution in [-0.2, 0) is 0 Å². The Morgan fingerprint density at radius 3 is 2.17 bits per heavy atom. The van der Waals surface area contributed by atoms with Crippen molar-refractivity contribution in [2.24, 2.45) is 0 Å². The minimum atomic E-state index is 0.892. The first-order valence-electron chi connectivity index (χ1n) is 2.01. The molecule has 0 amide bonds. The average molecular weight is 310 g/mol. The lowest BCUT2D eigenvalue weighted by Crippen LogP contribution is -1.92. The van der Waals surface area contributed by atoms with Crippen LogP contribution in [-0.4, -0.2) is 8.35 Å². The van der Waals surface area contributed by atoms with Crippen LogP contribution in [0.1, 0.15) is 13.3 Å². The average Bonchev–Trinajstić information content (AvgIpc) is 1.65. The van der Waals surface area contributed by atoms with Gasteiger partial charge in [0.15, 0.2) is 0 Å². The Morgan fingerprint density at radius 1 is 1.67 bits per heavy atom. The van der Waals surface area contributed by atoms with Gasteiger partial charge in [-0.3, -0.25) is 0 Å². The summed E-state index contributed by atoms with van der Waals surface area (Å²) >= 11 is 4.87. The van der Waals surface area contributed by atoms with Crippen molar-refractivity contribution in [2.45, 2.75) is 17.3 Å². The Hall–Kier alpha value is 1.46. The molecule has 0 nitrogen and oxygen atoms in total. The van der Waals surface area contributed by atoms with E-state index in [4.69, 9.17) is 0 Å². The van der Waals surface area contributed by atoms with Crippen molar-refractivity contribution < 1.29 is 0 Å². The molecule has 1 atom stereocenters. The predicted octanol–water partition coefficient (Wildman–Crippen LogP) is 2.64. The van der Waals surface area contributed by atoms with Crippen LogP contribution in [0.5, 0.6) is 0 Å². The van der Waals surface area contributed by atoms with Gasteiger partial charge in [-0.05, 0) is 6.42 Å². The van der Waals surface area contributed by atoms with E-state index in [9.17, 15) is 0 Å². The Kier molecular flexibility index (Phi) is 5.74. The Balaban J connectivity index is 2.75. The molecule has 6 heavy (non-hydrogen) atoms. The van der Waals surface area contributed by atoms with Gasteiger partial charge in [0.2, 0.25) is 0 Å². The van der Waals surface area contributed by atoms with E-state index in [1.165, 1.54) is 10.8 Å². The Bertz CT molecular complexity index is 24.7. The molecule has 0 saturated heterocycles. The summed E-state index contributed by atoms with van der Waals surface area (Å²) in [6.07, 6.45) is 1.31. The summed E-state index contributed by atoms with van der Waals surface area (Å²) in [5.41, 5.74) is 0. The SMILES string of the molecule is CC[C@@H](I)CI. The predicted molar refractivity (Wildman–Crippen MR) is 47.0 cm³/mol. The fraction of sp³-hybridized carbons (Fsp3) is 1.00. The standard InChI is InChI=1S/C4H8I2/c1-2-4(6)3-5/h4H,2-3H2,1H3/t4-/m1/s1. The maximum Gasteiger partial charge on any atom is 0.0197 e. The lowest BCUT2D eigenvalue weighted by Gasteiger charge is -1.95. The summed E-state index contributed by atoms with van der Waals surface area (Å²) in [4.78, 5) is 0. The van der Waals surface area contributed by atoms with E-state index in [0.717, 1.165) is 3.92 Å². The molecule has 0 aromatic heterocycles. The maximum absolute atomic E-state index is 2.46. The van der Waals surface area contributed by atoms with E-state index in [-0.39, 0.29) is 0 Å². The van der Waals surface area contributed by atoms with Gasteiger partial charge >= 0.3 is 0 Å². The van der Waals surface area contributed by atoms with Crippen LogP contribution >= 0.6 is 45.2 Å². The van der Waals surface area contributed by atoms with Gasteiger partial charge in [0, 0.05) is 8.35 Å². The quantitative estimate of drug-likeness (QED) is 0.543. The largest absolute Gasteiger partial charge is 0.0852 e. The van der Waals surface area contributed by atoms with Crippen LogP contribution in [0.4, 0.5) is 0 Å². The second-order valence-electron chi connectivity index (χ2n) is 1.16. The highest BCUT2D eigenvalue weighted by Crippen LogP contribution is 2.07. The highest BCUT2D eigenvalue weighted by molar-refractivity contribution is 14.1. The molecule has 2 heteroatoms. The molecule has 0 bridgehead atoms. The van der Waals surface area contributed by atoms with Crippen LogP contribution < -0.4 is 0 Å². The van der Waals surface area contributed by atoms with Crippen LogP contribution in [0.2, 0.25) is 0 Å². The van der Waals surface area contributed by atoms with Gasteiger partial charge in [-0.15, -0.1) is 0 Å². The number of rotatable bonds is 2. The summed E-state index contributed by atoms with van der Waals surface area (Å²) in [6.45, 7) is 2.22. The lowest BCUT2D eigenvalue weighted by atomic mass is 10.4. The van der Waals surface area contributed by atoms with Gasteiger partial charge in [-0.1, -0.05) is 52.1 Å². The van der Waals surface area contributed by atoms with Crippen molar-refractivity contribution >= 4 is 45.2 Å². The van der Waals surface area contributed by atoms with Gasteiger partial charge in [-0.25, -0.2) is 0 Å². The molecule has 0 heterocycles.